The van der Waals surface area contributed by atoms with Crippen LogP contribution >= 0.6 is 23.5 Å². The first-order valence-electron chi connectivity index (χ1n) is 8.68. The summed E-state index contributed by atoms with van der Waals surface area (Å²) in [6.45, 7) is 0.0466. The molecule has 26 heteroatoms. The fraction of sp³-hybridized carbons (Fsp3) is 0.500. The minimum Gasteiger partial charge on any atom is -0.756 e. The normalized spacial score (nSPS) is 29.1. The van der Waals surface area contributed by atoms with Crippen molar-refractivity contribution in [2.75, 3.05) is 12.3 Å². The number of quaternary nitrogens is 4. The molecule has 3 rings (SSSR count). The molecule has 38 heavy (non-hydrogen) atoms. The van der Waals surface area contributed by atoms with Crippen LogP contribution in [0.15, 0.2) is 12.5 Å². The Labute approximate surface area is 213 Å². The van der Waals surface area contributed by atoms with Crippen molar-refractivity contribution in [3.05, 3.63) is 18.2 Å². The van der Waals surface area contributed by atoms with E-state index in [2.05, 4.69) is 28.2 Å². The Hall–Kier alpha value is -2.03. The first-order chi connectivity index (χ1) is 15.4. The van der Waals surface area contributed by atoms with E-state index < -0.39 is 53.4 Å². The van der Waals surface area contributed by atoms with Crippen LogP contribution < -0.4 is 50.7 Å². The van der Waals surface area contributed by atoms with E-state index in [1.165, 1.54) is 6.92 Å². The molecule has 2 aromatic rings. The zero-order valence-corrected chi connectivity index (χ0v) is 23.4. The Kier molecular flexibility index (Phi) is 12.5. The molecule has 0 aliphatic carbocycles. The van der Waals surface area contributed by atoms with Crippen LogP contribution in [0.3, 0.4) is 0 Å². The number of hydrogen-bond donors (Lipinski definition) is 8. The molecular formula is C12H31N11O12P3+. The second-order valence-corrected chi connectivity index (χ2v) is 11.3. The number of ether oxygens (including phenoxy) is 1. The number of rotatable bonds is 8. The fourth-order valence-electron chi connectivity index (χ4n) is 3.21. The lowest BCUT2D eigenvalue weighted by Crippen LogP contribution is -2.59. The molecular weight excluding hydrogens is 583 g/mol. The highest BCUT2D eigenvalue weighted by molar-refractivity contribution is 7.65. The number of nitriles is 1. The van der Waals surface area contributed by atoms with Crippen LogP contribution in [0.4, 0.5) is 5.82 Å². The molecule has 1 aliphatic rings. The van der Waals surface area contributed by atoms with Crippen LogP contribution in [0.5, 0.6) is 0 Å². The Morgan fingerprint density at radius 2 is 1.76 bits per heavy atom. The van der Waals surface area contributed by atoms with Crippen molar-refractivity contribution >= 4 is 34.9 Å². The van der Waals surface area contributed by atoms with Crippen molar-refractivity contribution in [3.63, 3.8) is 0 Å². The number of nitrogens with two attached hydrogens (primary N) is 2. The van der Waals surface area contributed by atoms with Gasteiger partial charge in [-0.15, -0.1) is 0 Å². The van der Waals surface area contributed by atoms with Crippen molar-refractivity contribution in [3.8, 4) is 6.07 Å². The maximum Gasteiger partial charge on any atom is 0.280 e. The van der Waals surface area contributed by atoms with Gasteiger partial charge in [0.05, 0.1) is 18.3 Å². The van der Waals surface area contributed by atoms with Crippen LogP contribution in [0.25, 0.3) is 5.65 Å². The highest BCUT2D eigenvalue weighted by Crippen LogP contribution is 2.61. The van der Waals surface area contributed by atoms with Gasteiger partial charge in [0.1, 0.15) is 30.3 Å². The Morgan fingerprint density at radius 1 is 1.18 bits per heavy atom. The number of aromatic nitrogens is 4. The van der Waals surface area contributed by atoms with Gasteiger partial charge in [-0.3, -0.25) is 13.7 Å². The van der Waals surface area contributed by atoms with Crippen molar-refractivity contribution < 1.29 is 56.3 Å². The lowest BCUT2D eigenvalue weighted by Gasteiger charge is -2.34. The van der Waals surface area contributed by atoms with E-state index in [9.17, 15) is 38.7 Å². The number of phosphoric ester groups is 1. The fourth-order valence-corrected chi connectivity index (χ4v) is 6.10. The standard InChI is InChI=1S/C12H18N7O12P3.4H3N/c1-11(15)8(20)6(3-28-33(24,25)31-34(26,27)30-32(21,22)23)29-12(11,4-13)7-2-16-10-9(14)17-5-18-19(7)10;;;;/h2,5-6,8,20H,3,15H2,1H3,(H,24,25)(H,26,27)(H2,14,17,18)(H2,21,22,23);4*1H3/p+1/t6-,8-,11+,12+;;;;/m1..../s1. The molecule has 0 bridgehead atoms. The molecule has 0 amide bonds. The average molecular weight is 614 g/mol. The number of nitrogens with zero attached hydrogens (tertiary/aromatic N) is 5. The van der Waals surface area contributed by atoms with Crippen molar-refractivity contribution in [1.82, 2.24) is 44.2 Å². The van der Waals surface area contributed by atoms with Crippen LogP contribution in [-0.4, -0.2) is 53.9 Å². The van der Waals surface area contributed by atoms with E-state index in [1.807, 2.05) is 0 Å². The molecule has 1 saturated heterocycles. The number of fused-ring (bicyclic) bond motifs is 1. The van der Waals surface area contributed by atoms with Gasteiger partial charge in [-0.05, 0) is 6.92 Å². The summed E-state index contributed by atoms with van der Waals surface area (Å²) in [5.74, 6) is -0.0642. The van der Waals surface area contributed by atoms with Gasteiger partial charge in [0.25, 0.3) is 23.5 Å². The smallest absolute Gasteiger partial charge is 0.280 e. The molecule has 0 spiro atoms. The highest BCUT2D eigenvalue weighted by Gasteiger charge is 2.64. The first-order valence-corrected chi connectivity index (χ1v) is 13.1. The molecule has 7 atom stereocenters. The van der Waals surface area contributed by atoms with E-state index in [0.29, 0.717) is 0 Å². The molecule has 22 N–H and O–H groups in total. The third kappa shape index (κ3) is 7.13. The van der Waals surface area contributed by atoms with Crippen LogP contribution in [-0.2, 0) is 37.2 Å². The Morgan fingerprint density at radius 3 is 2.29 bits per heavy atom. The number of anilines is 1. The van der Waals surface area contributed by atoms with Gasteiger partial charge >= 0.3 is 0 Å². The number of aliphatic hydroxyl groups excluding tert-OH is 1. The summed E-state index contributed by atoms with van der Waals surface area (Å²) in [4.78, 5) is 49.7. The predicted octanol–water partition coefficient (Wildman–Crippen LogP) is -2.15. The molecule has 3 heterocycles. The molecule has 0 saturated carbocycles. The minimum atomic E-state index is -6.13. The summed E-state index contributed by atoms with van der Waals surface area (Å²) < 4.78 is 51.2. The third-order valence-electron chi connectivity index (χ3n) is 4.70. The SMILES string of the molecule is C[C@]1(N)[C@H](O)[C@@H](COP(=O)([O-])OP(=O)([O-])OP(=O)([O-])O)O[C@@]1(C#N)c1cnc2c(N)ncnn12.[NH4+].[NH4+].[NH4+].[NH4+]. The quantitative estimate of drug-likeness (QED) is 0.147. The third-order valence-corrected chi connectivity index (χ3v) is 8.39. The molecule has 0 aromatic carbocycles. The molecule has 1 fully saturated rings. The van der Waals surface area contributed by atoms with Gasteiger partial charge in [0, 0.05) is 0 Å². The Balaban J connectivity index is 0. The number of aliphatic hydroxyl groups is 1. The maximum absolute atomic E-state index is 11.8. The largest absolute Gasteiger partial charge is 0.756 e. The lowest BCUT2D eigenvalue weighted by atomic mass is 9.78. The molecule has 220 valence electrons. The zero-order chi connectivity index (χ0) is 25.7. The summed E-state index contributed by atoms with van der Waals surface area (Å²) >= 11 is 0. The second-order valence-electron chi connectivity index (χ2n) is 7.02. The van der Waals surface area contributed by atoms with Crippen molar-refractivity contribution in [1.29, 1.82) is 5.26 Å². The van der Waals surface area contributed by atoms with E-state index >= 15 is 0 Å². The summed E-state index contributed by atoms with van der Waals surface area (Å²) in [6.07, 6.45) is -1.32. The van der Waals surface area contributed by atoms with Gasteiger partial charge in [-0.25, -0.2) is 23.1 Å². The van der Waals surface area contributed by atoms with E-state index in [0.717, 1.165) is 17.0 Å². The molecule has 1 aliphatic heterocycles. The van der Waals surface area contributed by atoms with Crippen LogP contribution in [0, 0.1) is 11.3 Å². The van der Waals surface area contributed by atoms with Gasteiger partial charge in [0.2, 0.25) is 5.60 Å². The molecule has 0 radical (unpaired) electrons. The summed E-state index contributed by atoms with van der Waals surface area (Å²) in [7, 11) is -17.9. The van der Waals surface area contributed by atoms with Crippen molar-refractivity contribution in [2.45, 2.75) is 30.3 Å². The first kappa shape index (κ1) is 38.1. The summed E-state index contributed by atoms with van der Waals surface area (Å²) in [6, 6.07) is 1.79. The van der Waals surface area contributed by atoms with E-state index in [1.54, 1.807) is 6.07 Å². The lowest BCUT2D eigenvalue weighted by molar-refractivity contribution is -0.250. The number of nitrogen functional groups attached to an aromatic ring is 1. The van der Waals surface area contributed by atoms with E-state index in [4.69, 9.17) is 21.1 Å². The van der Waals surface area contributed by atoms with Gasteiger partial charge in [0.15, 0.2) is 11.5 Å². The monoisotopic (exact) mass is 614 g/mol. The van der Waals surface area contributed by atoms with Gasteiger partial charge < -0.3 is 70.0 Å². The minimum absolute atomic E-state index is 0. The summed E-state index contributed by atoms with van der Waals surface area (Å²) in [5, 5.41) is 24.5. The van der Waals surface area contributed by atoms with Gasteiger partial charge in [-0.2, -0.15) is 10.4 Å². The van der Waals surface area contributed by atoms with Crippen LogP contribution in [0.2, 0.25) is 0 Å². The Bertz CT molecular complexity index is 1300. The maximum atomic E-state index is 11.8. The van der Waals surface area contributed by atoms with Gasteiger partial charge in [-0.1, -0.05) is 0 Å². The van der Waals surface area contributed by atoms with Crippen LogP contribution in [0.1, 0.15) is 12.6 Å². The molecule has 2 aromatic heterocycles. The highest BCUT2D eigenvalue weighted by atomic mass is 31.3. The van der Waals surface area contributed by atoms with E-state index in [-0.39, 0.29) is 41.8 Å². The number of hydrogen-bond acceptors (Lipinski definition) is 17. The molecule has 23 nitrogen and oxygen atoms in total. The average Bonchev–Trinajstić information content (AvgIpc) is 3.17. The van der Waals surface area contributed by atoms with Crippen molar-refractivity contribution in [2.24, 2.45) is 5.73 Å². The number of imidazole rings is 1. The number of phosphoric acid groups is 3. The topological polar surface area (TPSA) is 463 Å². The summed E-state index contributed by atoms with van der Waals surface area (Å²) in [5.41, 5.74) is 7.62. The molecule has 3 unspecified atom stereocenters. The zero-order valence-electron chi connectivity index (χ0n) is 20.7. The predicted molar refractivity (Wildman–Crippen MR) is 123 cm³/mol. The second kappa shape index (κ2) is 12.4.